The topological polar surface area (TPSA) is 97.5 Å². The summed E-state index contributed by atoms with van der Waals surface area (Å²) in [5.41, 5.74) is -0.136. The van der Waals surface area contributed by atoms with Crippen LogP contribution in [0.15, 0.2) is 37.2 Å². The normalized spacial score (nSPS) is 12.7. The standard InChI is InChI=1S/C19H17ClF2IN9/c1-10(17-29-9-30-32(17)15-6-14(24-2)25-7-26-15)31(3)18-12-4-11(20)5-13(19(21,22)23)16(12)27-8-28-18/h4-10H,1-3H3,(H,24,25,26)/t10-/m0/s1. The fourth-order valence-electron chi connectivity index (χ4n) is 3.28. The highest BCUT2D eigenvalue weighted by Crippen LogP contribution is 2.42. The van der Waals surface area contributed by atoms with Crippen LogP contribution in [-0.2, 0) is 3.93 Å². The van der Waals surface area contributed by atoms with Gasteiger partial charge in [0, 0.05) is 53.2 Å². The lowest BCUT2D eigenvalue weighted by molar-refractivity contribution is 0.129. The zero-order chi connectivity index (χ0) is 23.0. The molecule has 32 heavy (non-hydrogen) atoms. The highest BCUT2D eigenvalue weighted by atomic mass is 127. The van der Waals surface area contributed by atoms with Crippen molar-refractivity contribution in [1.82, 2.24) is 34.7 Å². The van der Waals surface area contributed by atoms with Crippen LogP contribution in [0, 0.1) is 0 Å². The third-order valence-electron chi connectivity index (χ3n) is 4.98. The largest absolute Gasteiger partial charge is 0.373 e. The van der Waals surface area contributed by atoms with Gasteiger partial charge in [0.05, 0.1) is 17.1 Å². The molecule has 0 aliphatic heterocycles. The maximum Gasteiger partial charge on any atom is 0.323 e. The van der Waals surface area contributed by atoms with E-state index in [1.54, 1.807) is 35.8 Å². The highest BCUT2D eigenvalue weighted by Gasteiger charge is 2.32. The Bertz CT molecular complexity index is 1280. The minimum atomic E-state index is -3.14. The van der Waals surface area contributed by atoms with E-state index in [4.69, 9.17) is 11.6 Å². The van der Waals surface area contributed by atoms with Crippen LogP contribution in [0.5, 0.6) is 0 Å². The molecule has 0 radical (unpaired) electrons. The van der Waals surface area contributed by atoms with Crippen molar-refractivity contribution >= 4 is 56.7 Å². The highest BCUT2D eigenvalue weighted by molar-refractivity contribution is 14.1. The van der Waals surface area contributed by atoms with Crippen LogP contribution >= 0.6 is 34.2 Å². The van der Waals surface area contributed by atoms with Crippen LogP contribution in [0.2, 0.25) is 5.02 Å². The maximum absolute atomic E-state index is 14.2. The Labute approximate surface area is 200 Å². The predicted molar refractivity (Wildman–Crippen MR) is 126 cm³/mol. The number of aromatic nitrogens is 7. The summed E-state index contributed by atoms with van der Waals surface area (Å²) in [6.07, 6.45) is 4.10. The molecule has 0 saturated carbocycles. The fourth-order valence-corrected chi connectivity index (χ4v) is 3.91. The van der Waals surface area contributed by atoms with E-state index < -0.39 is 3.93 Å². The van der Waals surface area contributed by atoms with Crippen molar-refractivity contribution in [2.24, 2.45) is 0 Å². The van der Waals surface area contributed by atoms with Gasteiger partial charge in [-0.3, -0.25) is 0 Å². The molecule has 1 N–H and O–H groups in total. The molecular weight excluding hydrogens is 555 g/mol. The van der Waals surface area contributed by atoms with E-state index in [0.717, 1.165) is 22.6 Å². The summed E-state index contributed by atoms with van der Waals surface area (Å²) in [7, 11) is 3.54. The minimum Gasteiger partial charge on any atom is -0.373 e. The second-order valence-corrected chi connectivity index (χ2v) is 8.66. The van der Waals surface area contributed by atoms with E-state index in [1.165, 1.54) is 25.0 Å². The zero-order valence-electron chi connectivity index (χ0n) is 17.1. The number of nitrogens with one attached hydrogen (secondary N) is 1. The summed E-state index contributed by atoms with van der Waals surface area (Å²) in [4.78, 5) is 23.0. The molecule has 4 aromatic rings. The van der Waals surface area contributed by atoms with Gasteiger partial charge >= 0.3 is 3.93 Å². The number of fused-ring (bicyclic) bond motifs is 1. The van der Waals surface area contributed by atoms with Crippen molar-refractivity contribution in [3.8, 4) is 5.82 Å². The molecule has 0 bridgehead atoms. The van der Waals surface area contributed by atoms with Gasteiger partial charge in [-0.15, -0.1) is 0 Å². The second kappa shape index (κ2) is 8.65. The molecule has 1 aromatic carbocycles. The predicted octanol–water partition coefficient (Wildman–Crippen LogP) is 4.38. The Hall–Kier alpha value is -2.74. The molecule has 0 unspecified atom stereocenters. The van der Waals surface area contributed by atoms with Gasteiger partial charge < -0.3 is 10.2 Å². The molecule has 3 heterocycles. The molecule has 1 atom stereocenters. The first kappa shape index (κ1) is 22.5. The molecule has 0 spiro atoms. The number of benzene rings is 1. The Balaban J connectivity index is 1.79. The van der Waals surface area contributed by atoms with Gasteiger partial charge in [-0.05, 0) is 19.1 Å². The van der Waals surface area contributed by atoms with Gasteiger partial charge in [0.15, 0.2) is 11.6 Å². The van der Waals surface area contributed by atoms with E-state index in [9.17, 15) is 8.78 Å². The van der Waals surface area contributed by atoms with E-state index >= 15 is 0 Å². The van der Waals surface area contributed by atoms with Crippen molar-refractivity contribution in [3.63, 3.8) is 0 Å². The van der Waals surface area contributed by atoms with Crippen LogP contribution in [0.4, 0.5) is 20.4 Å². The lowest BCUT2D eigenvalue weighted by Gasteiger charge is -2.27. The van der Waals surface area contributed by atoms with Crippen molar-refractivity contribution in [3.05, 3.63) is 53.6 Å². The van der Waals surface area contributed by atoms with Gasteiger partial charge in [-0.25, -0.2) is 24.9 Å². The zero-order valence-corrected chi connectivity index (χ0v) is 20.0. The average Bonchev–Trinajstić information content (AvgIpc) is 3.26. The fraction of sp³-hybridized carbons (Fsp3) is 0.263. The smallest absolute Gasteiger partial charge is 0.323 e. The Kier molecular flexibility index (Phi) is 6.07. The van der Waals surface area contributed by atoms with Crippen LogP contribution in [0.25, 0.3) is 16.7 Å². The average molecular weight is 572 g/mol. The van der Waals surface area contributed by atoms with Crippen LogP contribution in [0.1, 0.15) is 24.4 Å². The third-order valence-corrected chi connectivity index (χ3v) is 5.78. The Morgan fingerprint density at radius 2 is 1.84 bits per heavy atom. The third kappa shape index (κ3) is 4.16. The first-order chi connectivity index (χ1) is 15.2. The molecule has 166 valence electrons. The van der Waals surface area contributed by atoms with Gasteiger partial charge in [0.1, 0.15) is 30.6 Å². The van der Waals surface area contributed by atoms with E-state index in [1.807, 2.05) is 6.92 Å². The summed E-state index contributed by atoms with van der Waals surface area (Å²) in [5.74, 6) is 2.15. The number of hydrogen-bond acceptors (Lipinski definition) is 8. The lowest BCUT2D eigenvalue weighted by Crippen LogP contribution is -2.26. The van der Waals surface area contributed by atoms with Gasteiger partial charge in [-0.2, -0.15) is 18.6 Å². The van der Waals surface area contributed by atoms with Crippen molar-refractivity contribution < 1.29 is 8.78 Å². The Morgan fingerprint density at radius 3 is 2.56 bits per heavy atom. The van der Waals surface area contributed by atoms with Gasteiger partial charge in [0.25, 0.3) is 0 Å². The van der Waals surface area contributed by atoms with E-state index in [0.29, 0.717) is 28.7 Å². The van der Waals surface area contributed by atoms with Crippen molar-refractivity contribution in [1.29, 1.82) is 0 Å². The second-order valence-electron chi connectivity index (χ2n) is 6.87. The SMILES string of the molecule is CNc1cc(-n2ncnc2[C@H](C)N(C)c2ncnc3c(C(F)(F)I)cc(Cl)cc23)ncn1. The van der Waals surface area contributed by atoms with Gasteiger partial charge in [0.2, 0.25) is 0 Å². The van der Waals surface area contributed by atoms with Crippen LogP contribution in [0.3, 0.4) is 0 Å². The first-order valence-electron chi connectivity index (χ1n) is 9.35. The van der Waals surface area contributed by atoms with Crippen molar-refractivity contribution in [2.75, 3.05) is 24.3 Å². The number of hydrogen-bond donors (Lipinski definition) is 1. The molecule has 9 nitrogen and oxygen atoms in total. The molecule has 13 heteroatoms. The molecule has 0 saturated heterocycles. The lowest BCUT2D eigenvalue weighted by atomic mass is 10.1. The van der Waals surface area contributed by atoms with E-state index in [2.05, 4.69) is 35.3 Å². The summed E-state index contributed by atoms with van der Waals surface area (Å²) in [6, 6.07) is 4.18. The summed E-state index contributed by atoms with van der Waals surface area (Å²) >= 11 is 7.23. The van der Waals surface area contributed by atoms with Crippen LogP contribution in [-0.4, -0.2) is 48.8 Å². The number of alkyl halides is 3. The quantitative estimate of drug-likeness (QED) is 0.269. The number of rotatable bonds is 6. The molecule has 4 rings (SSSR count). The molecule has 0 amide bonds. The number of halogens is 4. The summed E-state index contributed by atoms with van der Waals surface area (Å²) < 4.78 is 26.8. The van der Waals surface area contributed by atoms with Crippen LogP contribution < -0.4 is 10.2 Å². The number of anilines is 2. The summed E-state index contributed by atoms with van der Waals surface area (Å²) in [5, 5.41) is 7.82. The summed E-state index contributed by atoms with van der Waals surface area (Å²) in [6.45, 7) is 1.90. The molecule has 3 aromatic heterocycles. The number of nitrogens with zero attached hydrogens (tertiary/aromatic N) is 8. The Morgan fingerprint density at radius 1 is 1.09 bits per heavy atom. The monoisotopic (exact) mass is 571 g/mol. The first-order valence-corrected chi connectivity index (χ1v) is 10.8. The maximum atomic E-state index is 14.2. The molecular formula is C19H17ClF2IN9. The molecule has 0 aliphatic carbocycles. The molecule has 0 aliphatic rings. The molecule has 0 fully saturated rings. The van der Waals surface area contributed by atoms with E-state index in [-0.39, 0.29) is 22.1 Å². The van der Waals surface area contributed by atoms with Crippen molar-refractivity contribution in [2.45, 2.75) is 16.9 Å². The minimum absolute atomic E-state index is 0.133. The van der Waals surface area contributed by atoms with Gasteiger partial charge in [-0.1, -0.05) is 11.6 Å².